The first kappa shape index (κ1) is 16.2. The van der Waals surface area contributed by atoms with Gasteiger partial charge in [0.05, 0.1) is 7.11 Å². The van der Waals surface area contributed by atoms with E-state index in [1.807, 2.05) is 0 Å². The molecule has 0 rings (SSSR count). The van der Waals surface area contributed by atoms with Gasteiger partial charge >= 0.3 is 5.97 Å². The molecule has 0 radical (unpaired) electrons. The number of nitrogens with one attached hydrogen (secondary N) is 1. The number of nitrogens with two attached hydrogens (primary N) is 1. The molecule has 0 saturated carbocycles. The molecule has 5 nitrogen and oxygen atoms in total. The number of carbonyl (C=O) groups excluding carboxylic acids is 2. The Morgan fingerprint density at radius 1 is 1.53 bits per heavy atom. The van der Waals surface area contributed by atoms with Crippen molar-refractivity contribution in [1.29, 1.82) is 0 Å². The van der Waals surface area contributed by atoms with Gasteiger partial charge in [0.1, 0.15) is 13.3 Å². The van der Waals surface area contributed by atoms with E-state index in [1.165, 1.54) is 24.6 Å². The van der Waals surface area contributed by atoms with Crippen LogP contribution in [0.5, 0.6) is 0 Å². The Morgan fingerprint density at radius 2 is 2.18 bits per heavy atom. The summed E-state index contributed by atoms with van der Waals surface area (Å²) in [5, 5.41) is 2.54. The van der Waals surface area contributed by atoms with Crippen LogP contribution in [-0.4, -0.2) is 30.5 Å². The van der Waals surface area contributed by atoms with Crippen LogP contribution in [0.3, 0.4) is 0 Å². The molecule has 0 saturated heterocycles. The molecule has 17 heavy (non-hydrogen) atoms. The van der Waals surface area contributed by atoms with E-state index in [4.69, 9.17) is 5.50 Å². The van der Waals surface area contributed by atoms with E-state index in [-0.39, 0.29) is 5.65 Å². The van der Waals surface area contributed by atoms with Crippen molar-refractivity contribution in [2.45, 2.75) is 12.5 Å². The van der Waals surface area contributed by atoms with Crippen molar-refractivity contribution in [3.05, 3.63) is 25.3 Å². The molecule has 7 heteroatoms. The van der Waals surface area contributed by atoms with Gasteiger partial charge in [0.15, 0.2) is 0 Å². The van der Waals surface area contributed by atoms with Gasteiger partial charge in [0.2, 0.25) is 0 Å². The van der Waals surface area contributed by atoms with Crippen molar-refractivity contribution in [2.75, 3.05) is 12.9 Å². The number of hydrogen-bond acceptors (Lipinski definition) is 5. The molecule has 2 unspecified atom stereocenters. The molecule has 0 aromatic heterocycles. The summed E-state index contributed by atoms with van der Waals surface area (Å²) in [6, 6.07) is -0.720. The predicted octanol–water partition coefficient (Wildman–Crippen LogP) is 2.00. The SMILES string of the molecule is C=CCSP(N)C(=O)NC(CC=C)C(=O)OC. The summed E-state index contributed by atoms with van der Waals surface area (Å²) >= 11 is 1.30. The van der Waals surface area contributed by atoms with E-state index < -0.39 is 19.3 Å². The lowest BCUT2D eigenvalue weighted by atomic mass is 10.2. The Hall–Kier alpha value is -0.840. The summed E-state index contributed by atoms with van der Waals surface area (Å²) in [5.41, 5.74) is 5.34. The number of carbonyl (C=O) groups is 2. The first-order valence-electron chi connectivity index (χ1n) is 4.84. The first-order valence-corrected chi connectivity index (χ1v) is 7.84. The number of esters is 1. The molecule has 96 valence electrons. The summed E-state index contributed by atoms with van der Waals surface area (Å²) in [6.07, 6.45) is 3.52. The number of methoxy groups -OCH3 is 1. The van der Waals surface area contributed by atoms with Crippen LogP contribution in [0.4, 0.5) is 4.79 Å². The summed E-state index contributed by atoms with van der Waals surface area (Å²) in [6.45, 7) is 7.05. The summed E-state index contributed by atoms with van der Waals surface area (Å²) < 4.78 is 4.57. The molecule has 3 N–H and O–H groups in total. The number of ether oxygens (including phenoxy) is 1. The van der Waals surface area contributed by atoms with Crippen LogP contribution < -0.4 is 10.8 Å². The molecule has 0 spiro atoms. The second kappa shape index (κ2) is 9.22. The third-order valence-electron chi connectivity index (χ3n) is 1.72. The predicted molar refractivity (Wildman–Crippen MR) is 72.9 cm³/mol. The molecule has 0 aliphatic carbocycles. The lowest BCUT2D eigenvalue weighted by molar-refractivity contribution is -0.142. The van der Waals surface area contributed by atoms with Crippen LogP contribution in [-0.2, 0) is 9.53 Å². The standard InChI is InChI=1S/C10H17N2O3PS/c1-4-6-8(9(13)15-3)12-10(14)16(11)17-7-5-2/h4-5,8H,1-2,6-7,11H2,3H3,(H,12,14). The van der Waals surface area contributed by atoms with Crippen molar-refractivity contribution in [2.24, 2.45) is 5.50 Å². The van der Waals surface area contributed by atoms with Gasteiger partial charge in [-0.1, -0.05) is 12.2 Å². The van der Waals surface area contributed by atoms with Crippen molar-refractivity contribution in [3.8, 4) is 0 Å². The highest BCUT2D eigenvalue weighted by molar-refractivity contribution is 8.59. The Bertz CT molecular complexity index is 299. The molecule has 0 fully saturated rings. The fourth-order valence-electron chi connectivity index (χ4n) is 0.927. The zero-order valence-electron chi connectivity index (χ0n) is 9.72. The molecule has 0 heterocycles. The number of rotatable bonds is 8. The fraction of sp³-hybridized carbons (Fsp3) is 0.400. The minimum atomic E-state index is -1.37. The maximum absolute atomic E-state index is 11.6. The maximum Gasteiger partial charge on any atom is 0.328 e. The molecule has 0 bridgehead atoms. The maximum atomic E-state index is 11.6. The molecule has 0 aromatic rings. The van der Waals surface area contributed by atoms with E-state index in [0.29, 0.717) is 12.2 Å². The second-order valence-electron chi connectivity index (χ2n) is 2.96. The fourth-order valence-corrected chi connectivity index (χ4v) is 2.90. The van der Waals surface area contributed by atoms with Crippen molar-refractivity contribution < 1.29 is 14.3 Å². The van der Waals surface area contributed by atoms with Crippen molar-refractivity contribution >= 4 is 30.3 Å². The van der Waals surface area contributed by atoms with Crippen LogP contribution >= 0.6 is 18.7 Å². The van der Waals surface area contributed by atoms with E-state index in [2.05, 4.69) is 23.2 Å². The van der Waals surface area contributed by atoms with Crippen molar-refractivity contribution in [3.63, 3.8) is 0 Å². The Morgan fingerprint density at radius 3 is 2.65 bits per heavy atom. The Labute approximate surface area is 106 Å². The summed E-state index contributed by atoms with van der Waals surface area (Å²) in [4.78, 5) is 23.0. The number of amides is 1. The van der Waals surface area contributed by atoms with E-state index in [9.17, 15) is 9.59 Å². The third kappa shape index (κ3) is 6.46. The lowest BCUT2D eigenvalue weighted by Crippen LogP contribution is -2.40. The zero-order chi connectivity index (χ0) is 13.3. The zero-order valence-corrected chi connectivity index (χ0v) is 11.4. The van der Waals surface area contributed by atoms with Crippen LogP contribution in [0.1, 0.15) is 6.42 Å². The molecule has 1 amide bonds. The van der Waals surface area contributed by atoms with Gasteiger partial charge in [0, 0.05) is 5.75 Å². The van der Waals surface area contributed by atoms with Crippen molar-refractivity contribution in [1.82, 2.24) is 5.32 Å². The molecule has 0 aromatic carbocycles. The molecular formula is C10H17N2O3PS. The average molecular weight is 276 g/mol. The number of hydrogen-bond donors (Lipinski definition) is 2. The topological polar surface area (TPSA) is 81.4 Å². The van der Waals surface area contributed by atoms with Crippen LogP contribution in [0.2, 0.25) is 0 Å². The van der Waals surface area contributed by atoms with Gasteiger partial charge in [-0.25, -0.2) is 4.79 Å². The van der Waals surface area contributed by atoms with Gasteiger partial charge in [-0.2, -0.15) is 0 Å². The van der Waals surface area contributed by atoms with Gasteiger partial charge in [-0.3, -0.25) is 10.3 Å². The smallest absolute Gasteiger partial charge is 0.328 e. The van der Waals surface area contributed by atoms with Gasteiger partial charge in [-0.05, 0) is 6.42 Å². The Balaban J connectivity index is 4.33. The molecule has 0 aliphatic heterocycles. The van der Waals surface area contributed by atoms with Crippen LogP contribution in [0.15, 0.2) is 25.3 Å². The average Bonchev–Trinajstić information content (AvgIpc) is 2.34. The van der Waals surface area contributed by atoms with Gasteiger partial charge in [0.25, 0.3) is 5.65 Å². The van der Waals surface area contributed by atoms with E-state index in [1.54, 1.807) is 6.08 Å². The summed E-state index contributed by atoms with van der Waals surface area (Å²) in [7, 11) is -0.101. The van der Waals surface area contributed by atoms with Crippen LogP contribution in [0.25, 0.3) is 0 Å². The monoisotopic (exact) mass is 276 g/mol. The van der Waals surface area contributed by atoms with Gasteiger partial charge < -0.3 is 10.1 Å². The first-order chi connectivity index (χ1) is 8.06. The molecule has 0 aliphatic rings. The lowest BCUT2D eigenvalue weighted by Gasteiger charge is -2.17. The quantitative estimate of drug-likeness (QED) is 0.402. The normalized spacial score (nSPS) is 13.3. The van der Waals surface area contributed by atoms with E-state index in [0.717, 1.165) is 0 Å². The van der Waals surface area contributed by atoms with Crippen LogP contribution in [0, 0.1) is 0 Å². The highest BCUT2D eigenvalue weighted by Crippen LogP contribution is 2.42. The van der Waals surface area contributed by atoms with Gasteiger partial charge in [-0.15, -0.1) is 24.5 Å². The third-order valence-corrected chi connectivity index (χ3v) is 4.69. The summed E-state index contributed by atoms with van der Waals surface area (Å²) in [5.74, 6) is 0.0929. The highest BCUT2D eigenvalue weighted by atomic mass is 32.7. The minimum absolute atomic E-state index is 0.313. The minimum Gasteiger partial charge on any atom is -0.467 e. The molecular weight excluding hydrogens is 259 g/mol. The highest BCUT2D eigenvalue weighted by Gasteiger charge is 2.23. The largest absolute Gasteiger partial charge is 0.467 e. The second-order valence-corrected chi connectivity index (χ2v) is 6.56. The Kier molecular flexibility index (Phi) is 8.76. The molecule has 2 atom stereocenters. The van der Waals surface area contributed by atoms with E-state index >= 15 is 0 Å².